The molecule has 2 N–H and O–H groups in total. The number of benzene rings is 1. The van der Waals surface area contributed by atoms with Crippen molar-refractivity contribution in [3.05, 3.63) is 83.0 Å². The molecule has 8 heteroatoms. The number of amides is 1. The van der Waals surface area contributed by atoms with Crippen molar-refractivity contribution in [2.24, 2.45) is 0 Å². The summed E-state index contributed by atoms with van der Waals surface area (Å²) < 4.78 is 0. The number of carbonyl (C=O) groups excluding carboxylic acids is 2. The molecule has 0 saturated carbocycles. The highest BCUT2D eigenvalue weighted by Crippen LogP contribution is 2.20. The lowest BCUT2D eigenvalue weighted by molar-refractivity contribution is -0.115. The number of nitrogens with zero attached hydrogens (tertiary/aromatic N) is 3. The fourth-order valence-corrected chi connectivity index (χ4v) is 2.94. The van der Waals surface area contributed by atoms with Crippen molar-refractivity contribution >= 4 is 40.1 Å². The van der Waals surface area contributed by atoms with Crippen molar-refractivity contribution in [1.29, 1.82) is 0 Å². The van der Waals surface area contributed by atoms with E-state index in [1.54, 1.807) is 48.8 Å². The SMILES string of the molecule is O=C(Cc1ccc(Cl)cc1)Nc1cc(C(=O)c2c[nH]c3ncncc23)ccn1. The first-order valence-electron chi connectivity index (χ1n) is 8.42. The number of rotatable bonds is 5. The Morgan fingerprint density at radius 1 is 1.11 bits per heavy atom. The Morgan fingerprint density at radius 3 is 2.75 bits per heavy atom. The van der Waals surface area contributed by atoms with Crippen molar-refractivity contribution in [2.75, 3.05) is 5.32 Å². The number of hydrogen-bond acceptors (Lipinski definition) is 5. The van der Waals surface area contributed by atoms with Gasteiger partial charge < -0.3 is 10.3 Å². The summed E-state index contributed by atoms with van der Waals surface area (Å²) in [5.74, 6) is -0.141. The van der Waals surface area contributed by atoms with Crippen LogP contribution in [0.2, 0.25) is 5.02 Å². The van der Waals surface area contributed by atoms with Crippen LogP contribution in [0.1, 0.15) is 21.5 Å². The van der Waals surface area contributed by atoms with Crippen molar-refractivity contribution < 1.29 is 9.59 Å². The van der Waals surface area contributed by atoms with Gasteiger partial charge in [0.25, 0.3) is 0 Å². The number of nitrogens with one attached hydrogen (secondary N) is 2. The van der Waals surface area contributed by atoms with Gasteiger partial charge in [-0.1, -0.05) is 23.7 Å². The van der Waals surface area contributed by atoms with Gasteiger partial charge in [0.2, 0.25) is 5.91 Å². The summed E-state index contributed by atoms with van der Waals surface area (Å²) in [4.78, 5) is 40.2. The molecule has 3 aromatic heterocycles. The van der Waals surface area contributed by atoms with Crippen LogP contribution in [0, 0.1) is 0 Å². The smallest absolute Gasteiger partial charge is 0.229 e. The predicted octanol–water partition coefficient (Wildman–Crippen LogP) is 3.42. The number of ketones is 1. The van der Waals surface area contributed by atoms with Crippen LogP contribution >= 0.6 is 11.6 Å². The average molecular weight is 392 g/mol. The minimum Gasteiger partial charge on any atom is -0.345 e. The van der Waals surface area contributed by atoms with Gasteiger partial charge >= 0.3 is 0 Å². The Labute approximate surface area is 164 Å². The number of H-pyrrole nitrogens is 1. The number of anilines is 1. The number of fused-ring (bicyclic) bond motifs is 1. The van der Waals surface area contributed by atoms with E-state index in [0.717, 1.165) is 5.56 Å². The summed E-state index contributed by atoms with van der Waals surface area (Å²) in [5, 5.41) is 3.96. The molecule has 138 valence electrons. The van der Waals surface area contributed by atoms with Gasteiger partial charge in [0, 0.05) is 34.6 Å². The second-order valence-electron chi connectivity index (χ2n) is 6.10. The Bertz CT molecular complexity index is 1170. The molecule has 0 aliphatic rings. The molecule has 28 heavy (non-hydrogen) atoms. The molecule has 4 aromatic rings. The van der Waals surface area contributed by atoms with Gasteiger partial charge in [0.15, 0.2) is 5.78 Å². The van der Waals surface area contributed by atoms with E-state index in [0.29, 0.717) is 33.0 Å². The van der Waals surface area contributed by atoms with Gasteiger partial charge in [-0.05, 0) is 29.8 Å². The molecule has 1 aromatic carbocycles. The molecule has 0 unspecified atom stereocenters. The summed E-state index contributed by atoms with van der Waals surface area (Å²) in [6.07, 6.45) is 6.25. The molecule has 0 atom stereocenters. The molecule has 0 radical (unpaired) electrons. The van der Waals surface area contributed by atoms with Crippen LogP contribution < -0.4 is 5.32 Å². The maximum Gasteiger partial charge on any atom is 0.229 e. The summed E-state index contributed by atoms with van der Waals surface area (Å²) >= 11 is 5.85. The molecule has 0 bridgehead atoms. The third-order valence-corrected chi connectivity index (χ3v) is 4.42. The minimum atomic E-state index is -0.236. The highest BCUT2D eigenvalue weighted by atomic mass is 35.5. The van der Waals surface area contributed by atoms with Crippen LogP contribution in [-0.2, 0) is 11.2 Å². The molecule has 7 nitrogen and oxygen atoms in total. The van der Waals surface area contributed by atoms with E-state index in [2.05, 4.69) is 25.3 Å². The molecule has 1 amide bonds. The van der Waals surface area contributed by atoms with E-state index in [1.807, 2.05) is 0 Å². The van der Waals surface area contributed by atoms with Crippen LogP contribution in [0.25, 0.3) is 11.0 Å². The van der Waals surface area contributed by atoms with Crippen LogP contribution in [0.4, 0.5) is 5.82 Å². The van der Waals surface area contributed by atoms with Gasteiger partial charge in [-0.15, -0.1) is 0 Å². The van der Waals surface area contributed by atoms with Crippen molar-refractivity contribution in [1.82, 2.24) is 19.9 Å². The Hall–Kier alpha value is -3.58. The molecule has 3 heterocycles. The van der Waals surface area contributed by atoms with Gasteiger partial charge in [-0.2, -0.15) is 0 Å². The van der Waals surface area contributed by atoms with E-state index in [1.165, 1.54) is 12.5 Å². The summed E-state index contributed by atoms with van der Waals surface area (Å²) in [6, 6.07) is 10.2. The number of carbonyl (C=O) groups is 2. The highest BCUT2D eigenvalue weighted by molar-refractivity contribution is 6.30. The first-order valence-corrected chi connectivity index (χ1v) is 8.80. The molecule has 4 rings (SSSR count). The summed E-state index contributed by atoms with van der Waals surface area (Å²) in [7, 11) is 0. The van der Waals surface area contributed by atoms with Crippen LogP contribution in [0.3, 0.4) is 0 Å². The van der Waals surface area contributed by atoms with E-state index in [-0.39, 0.29) is 18.1 Å². The fraction of sp³-hybridized carbons (Fsp3) is 0.0500. The summed E-state index contributed by atoms with van der Waals surface area (Å²) in [6.45, 7) is 0. The molecule has 0 saturated heterocycles. The quantitative estimate of drug-likeness (QED) is 0.508. The standard InChI is InChI=1S/C20H14ClN5O2/c21-14-3-1-12(2-4-14)7-18(27)26-17-8-13(5-6-23-17)19(28)15-10-24-20-16(15)9-22-11-25-20/h1-6,8-11H,7H2,(H,22,24,25)(H,23,26,27). The number of hydrogen-bond donors (Lipinski definition) is 2. The monoisotopic (exact) mass is 391 g/mol. The van der Waals surface area contributed by atoms with Crippen LogP contribution in [0.15, 0.2) is 61.3 Å². The molecule has 0 aliphatic carbocycles. The molecule has 0 fully saturated rings. The first kappa shape index (κ1) is 17.8. The van der Waals surface area contributed by atoms with Crippen molar-refractivity contribution in [3.8, 4) is 0 Å². The molecular weight excluding hydrogens is 378 g/mol. The zero-order valence-electron chi connectivity index (χ0n) is 14.5. The number of aromatic nitrogens is 4. The molecule has 0 aliphatic heterocycles. The van der Waals surface area contributed by atoms with Crippen molar-refractivity contribution in [2.45, 2.75) is 6.42 Å². The predicted molar refractivity (Wildman–Crippen MR) is 105 cm³/mol. The number of pyridine rings is 1. The van der Waals surface area contributed by atoms with E-state index < -0.39 is 0 Å². The lowest BCUT2D eigenvalue weighted by Gasteiger charge is -2.06. The van der Waals surface area contributed by atoms with E-state index in [9.17, 15) is 9.59 Å². The van der Waals surface area contributed by atoms with Crippen LogP contribution in [-0.4, -0.2) is 31.6 Å². The average Bonchev–Trinajstić information content (AvgIpc) is 3.13. The van der Waals surface area contributed by atoms with Gasteiger partial charge in [-0.3, -0.25) is 9.59 Å². The lowest BCUT2D eigenvalue weighted by atomic mass is 10.1. The molecule has 0 spiro atoms. The van der Waals surface area contributed by atoms with Gasteiger partial charge in [0.05, 0.1) is 12.0 Å². The lowest BCUT2D eigenvalue weighted by Crippen LogP contribution is -2.15. The Balaban J connectivity index is 1.51. The van der Waals surface area contributed by atoms with E-state index in [4.69, 9.17) is 11.6 Å². The zero-order valence-corrected chi connectivity index (χ0v) is 15.3. The Morgan fingerprint density at radius 2 is 1.93 bits per heavy atom. The Kier molecular flexibility index (Phi) is 4.82. The first-order chi connectivity index (χ1) is 13.6. The third-order valence-electron chi connectivity index (χ3n) is 4.17. The van der Waals surface area contributed by atoms with Crippen molar-refractivity contribution in [3.63, 3.8) is 0 Å². The second kappa shape index (κ2) is 7.58. The second-order valence-corrected chi connectivity index (χ2v) is 6.53. The summed E-state index contributed by atoms with van der Waals surface area (Å²) in [5.41, 5.74) is 2.28. The molecular formula is C20H14ClN5O2. The normalized spacial score (nSPS) is 10.8. The highest BCUT2D eigenvalue weighted by Gasteiger charge is 2.16. The maximum atomic E-state index is 12.9. The zero-order chi connectivity index (χ0) is 19.5. The largest absolute Gasteiger partial charge is 0.345 e. The van der Waals surface area contributed by atoms with Gasteiger partial charge in [0.1, 0.15) is 17.8 Å². The van der Waals surface area contributed by atoms with Gasteiger partial charge in [-0.25, -0.2) is 15.0 Å². The van der Waals surface area contributed by atoms with Crippen LogP contribution in [0.5, 0.6) is 0 Å². The number of halogens is 1. The fourth-order valence-electron chi connectivity index (χ4n) is 2.82. The topological polar surface area (TPSA) is 101 Å². The maximum absolute atomic E-state index is 12.9. The minimum absolute atomic E-state index is 0.177. The van der Waals surface area contributed by atoms with E-state index >= 15 is 0 Å². The number of aromatic amines is 1. The third kappa shape index (κ3) is 3.74.